The molecular weight excluding hydrogens is 1640 g/mol. The first-order chi connectivity index (χ1) is 60.7. The van der Waals surface area contributed by atoms with Gasteiger partial charge in [0.15, 0.2) is 64.7 Å². The number of carboxylic acids is 3. The van der Waals surface area contributed by atoms with Crippen molar-refractivity contribution in [2.24, 2.45) is 17.8 Å². The number of rotatable bonds is 20. The zero-order chi connectivity index (χ0) is 88.6. The van der Waals surface area contributed by atoms with Crippen molar-refractivity contribution >= 4 is 67.5 Å². The third kappa shape index (κ3) is 30.4. The van der Waals surface area contributed by atoms with Crippen LogP contribution >= 0.6 is 0 Å². The lowest BCUT2D eigenvalue weighted by atomic mass is 9.54. The normalized spacial score (nSPS) is 15.1. The molecule has 4 aliphatic rings. The minimum Gasteiger partial charge on any atom is -0.872 e. The molecule has 0 saturated heterocycles. The van der Waals surface area contributed by atoms with E-state index in [-0.39, 0.29) is 54.7 Å². The van der Waals surface area contributed by atoms with Gasteiger partial charge in [-0.1, -0.05) is 279 Å². The molecular formula is C107H103F3NO10S4+. The van der Waals surface area contributed by atoms with Crippen molar-refractivity contribution in [3.05, 3.63) is 429 Å². The SMILES string of the molecule is CC(O)c1ccccc1C(=O)[O-].CCCCNCC(F)(F)F.Cc1ccc(C(=O)O)c([O-])c1.O=C([O-])C(=O)OC12CC3CC(CC(C3)C1)C2.c1ccc([S+](c2ccccc2)c2ccccc2)cc1.c1ccc([S+](c2ccccc2)c2ccccc2)cc1.c1ccc([S+](c2ccccc2)c2ccccc2)cc1.c1ccc([S+](c2ccccc2)c2ccccc2)cc1. The largest absolute Gasteiger partial charge is 0.872 e. The monoisotopic (exact) mass is 1750 g/mol. The minimum atomic E-state index is -4.06. The fourth-order valence-electron chi connectivity index (χ4n) is 15.1. The first kappa shape index (κ1) is 95.1. The van der Waals surface area contributed by atoms with Crippen LogP contribution in [0.25, 0.3) is 0 Å². The highest BCUT2D eigenvalue weighted by molar-refractivity contribution is 7.98. The summed E-state index contributed by atoms with van der Waals surface area (Å²) in [6.07, 6.45) is 3.17. The maximum atomic E-state index is 11.4. The number of aromatic carboxylic acids is 2. The summed E-state index contributed by atoms with van der Waals surface area (Å²) in [6.45, 7) is 4.78. The molecule has 0 aromatic heterocycles. The number of aliphatic carboxylic acids is 1. The van der Waals surface area contributed by atoms with Crippen LogP contribution in [0.1, 0.15) is 103 Å². The summed E-state index contributed by atoms with van der Waals surface area (Å²) in [5.74, 6) is -3.83. The molecule has 0 spiro atoms. The second kappa shape index (κ2) is 50.0. The Labute approximate surface area is 744 Å². The second-order valence-electron chi connectivity index (χ2n) is 29.8. The van der Waals surface area contributed by atoms with E-state index in [4.69, 9.17) is 14.9 Å². The van der Waals surface area contributed by atoms with E-state index in [1.807, 2.05) is 6.92 Å². The van der Waals surface area contributed by atoms with Crippen LogP contribution in [0.4, 0.5) is 13.2 Å². The summed E-state index contributed by atoms with van der Waals surface area (Å²) in [5, 5.41) is 51.8. The summed E-state index contributed by atoms with van der Waals surface area (Å²) in [6, 6.07) is 139. The maximum absolute atomic E-state index is 11.4. The summed E-state index contributed by atoms with van der Waals surface area (Å²) < 4.78 is 39.5. The zero-order valence-corrected chi connectivity index (χ0v) is 73.3. The molecule has 4 fully saturated rings. The van der Waals surface area contributed by atoms with Crippen LogP contribution < -0.4 is 20.6 Å². The molecule has 4 saturated carbocycles. The van der Waals surface area contributed by atoms with E-state index < -0.39 is 54.1 Å². The molecule has 1 atom stereocenters. The van der Waals surface area contributed by atoms with Gasteiger partial charge in [0.2, 0.25) is 0 Å². The van der Waals surface area contributed by atoms with Gasteiger partial charge >= 0.3 is 18.1 Å². The Morgan fingerprint density at radius 1 is 0.408 bits per heavy atom. The predicted molar refractivity (Wildman–Crippen MR) is 491 cm³/mol. The molecule has 1 unspecified atom stereocenters. The van der Waals surface area contributed by atoms with E-state index in [9.17, 15) is 47.7 Å². The van der Waals surface area contributed by atoms with Crippen molar-refractivity contribution in [1.29, 1.82) is 0 Å². The van der Waals surface area contributed by atoms with Crippen LogP contribution in [0, 0.1) is 24.7 Å². The molecule has 18 rings (SSSR count). The van der Waals surface area contributed by atoms with E-state index in [2.05, 4.69) is 369 Å². The van der Waals surface area contributed by atoms with Crippen LogP contribution in [0.15, 0.2) is 465 Å². The zero-order valence-electron chi connectivity index (χ0n) is 70.0. The standard InChI is InChI=1S/4C18H15S.C12H16O4.C9H10O3.C8H8O3.C6H12F3N/c4*1-4-10-16(11-5-1)19(17-12-6-2-7-13-17)18-14-8-3-9-15-18;13-10(14)11(15)16-12-4-7-1-8(5-12)3-9(2-7)6-12;1-6(10)7-4-2-3-5-8(7)9(11)12;1-5-2-3-6(8(10)11)7(9)4-5;1-2-3-4-10-5-6(7,8)9/h4*1-15H;7-9H,1-6H2,(H,13,14);2-6,10H,1H3,(H,11,12);2-4,9H,1H3,(H,10,11);10H,2-5H2,1H3/q4*+1;;;;/p-3. The van der Waals surface area contributed by atoms with Crippen LogP contribution in [0.5, 0.6) is 5.75 Å². The number of unbranched alkanes of at least 4 members (excludes halogenated alkanes) is 1. The Hall–Kier alpha value is -12.1. The molecule has 0 aliphatic heterocycles. The maximum Gasteiger partial charge on any atom is 0.401 e. The first-order valence-corrected chi connectivity index (χ1v) is 46.3. The molecule has 14 aromatic carbocycles. The van der Waals surface area contributed by atoms with Gasteiger partial charge in [0.05, 0.1) is 67.8 Å². The molecule has 4 aliphatic carbocycles. The number of ether oxygens (including phenoxy) is 1. The molecule has 14 aromatic rings. The molecule has 640 valence electrons. The number of benzene rings is 14. The summed E-state index contributed by atoms with van der Waals surface area (Å²) in [5.41, 5.74) is 0.576. The smallest absolute Gasteiger partial charge is 0.401 e. The van der Waals surface area contributed by atoms with E-state index in [0.29, 0.717) is 29.9 Å². The van der Waals surface area contributed by atoms with Crippen molar-refractivity contribution in [1.82, 2.24) is 5.32 Å². The van der Waals surface area contributed by atoms with E-state index in [0.717, 1.165) is 37.7 Å². The first-order valence-electron chi connectivity index (χ1n) is 41.4. The number of nitrogens with one attached hydrogen (secondary N) is 1. The highest BCUT2D eigenvalue weighted by Gasteiger charge is 2.53. The van der Waals surface area contributed by atoms with Gasteiger partial charge in [-0.05, 0) is 240 Å². The number of carboxylic acid groups (broad SMARTS) is 3. The molecule has 0 radical (unpaired) electrons. The van der Waals surface area contributed by atoms with Crippen LogP contribution in [-0.2, 0) is 57.9 Å². The van der Waals surface area contributed by atoms with Crippen molar-refractivity contribution in [3.8, 4) is 5.75 Å². The molecule has 11 nitrogen and oxygen atoms in total. The van der Waals surface area contributed by atoms with Gasteiger partial charge in [-0.15, -0.1) is 0 Å². The van der Waals surface area contributed by atoms with Gasteiger partial charge in [0.1, 0.15) is 5.60 Å². The van der Waals surface area contributed by atoms with Crippen LogP contribution in [-0.4, -0.2) is 59.0 Å². The highest BCUT2D eigenvalue weighted by Crippen LogP contribution is 2.57. The Morgan fingerprint density at radius 3 is 0.856 bits per heavy atom. The topological polar surface area (TPSA) is 199 Å². The Kier molecular flexibility index (Phi) is 38.0. The molecule has 3 N–H and O–H groups in total. The van der Waals surface area contributed by atoms with Gasteiger partial charge in [0, 0.05) is 5.56 Å². The predicted octanol–water partition coefficient (Wildman–Crippen LogP) is 22.2. The number of aliphatic hydroxyl groups excluding tert-OH is 1. The van der Waals surface area contributed by atoms with Crippen molar-refractivity contribution in [3.63, 3.8) is 0 Å². The second-order valence-corrected chi connectivity index (χ2v) is 37.9. The lowest BCUT2D eigenvalue weighted by Crippen LogP contribution is -2.54. The average molecular weight is 1750 g/mol. The molecule has 18 heteroatoms. The van der Waals surface area contributed by atoms with Gasteiger partial charge < -0.3 is 45.2 Å². The number of alkyl halides is 3. The number of aliphatic hydroxyl groups is 1. The summed E-state index contributed by atoms with van der Waals surface area (Å²) in [7, 11) is -0.0585. The Bertz CT molecular complexity index is 4600. The number of carbonyl (C=O) groups excluding carboxylic acids is 3. The van der Waals surface area contributed by atoms with Gasteiger partial charge in [0.25, 0.3) is 0 Å². The highest BCUT2D eigenvalue weighted by atomic mass is 32.2. The molecule has 0 amide bonds. The van der Waals surface area contributed by atoms with Crippen molar-refractivity contribution < 1.29 is 62.6 Å². The quantitative estimate of drug-likeness (QED) is 0.0284. The van der Waals surface area contributed by atoms with Crippen molar-refractivity contribution in [2.45, 2.75) is 149 Å². The number of hydrogen-bond donors (Lipinski definition) is 3. The molecule has 4 bridgehead atoms. The number of halogens is 3. The number of esters is 1. The van der Waals surface area contributed by atoms with E-state index in [1.54, 1.807) is 31.2 Å². The molecule has 125 heavy (non-hydrogen) atoms. The Morgan fingerprint density at radius 2 is 0.656 bits per heavy atom. The van der Waals surface area contributed by atoms with Crippen LogP contribution in [0.2, 0.25) is 0 Å². The summed E-state index contributed by atoms with van der Waals surface area (Å²) in [4.78, 5) is 58.8. The average Bonchev–Trinajstić information content (AvgIpc) is 0.747. The summed E-state index contributed by atoms with van der Waals surface area (Å²) >= 11 is 0. The van der Waals surface area contributed by atoms with Gasteiger partial charge in [-0.3, -0.25) is 0 Å². The third-order valence-electron chi connectivity index (χ3n) is 20.2. The number of hydrogen-bond acceptors (Lipinski definition) is 10. The van der Waals surface area contributed by atoms with Crippen molar-refractivity contribution in [2.75, 3.05) is 13.1 Å². The fourth-order valence-corrected chi connectivity index (χ4v) is 23.5. The van der Waals surface area contributed by atoms with E-state index >= 15 is 0 Å². The van der Waals surface area contributed by atoms with E-state index in [1.165, 1.54) is 103 Å². The van der Waals surface area contributed by atoms with Gasteiger partial charge in [-0.25, -0.2) is 9.59 Å². The number of carbonyl (C=O) groups is 4. The third-order valence-corrected chi connectivity index (χ3v) is 29.2. The lowest BCUT2D eigenvalue weighted by Gasteiger charge is -2.55. The van der Waals surface area contributed by atoms with Crippen LogP contribution in [0.3, 0.4) is 0 Å². The Balaban J connectivity index is 0.000000151. The minimum absolute atomic E-state index is 0.0146. The lowest BCUT2D eigenvalue weighted by molar-refractivity contribution is -0.306. The number of aryl methyl sites for hydroxylation is 1. The molecule has 0 heterocycles. The fraction of sp³-hybridized carbons (Fsp3) is 0.178. The van der Waals surface area contributed by atoms with Gasteiger partial charge in [-0.2, -0.15) is 13.2 Å².